The van der Waals surface area contributed by atoms with Crippen LogP contribution in [-0.2, 0) is 13.5 Å². The molecule has 0 aliphatic carbocycles. The zero-order valence-corrected chi connectivity index (χ0v) is 12.1. The van der Waals surface area contributed by atoms with Crippen molar-refractivity contribution in [3.63, 3.8) is 0 Å². The maximum atomic E-state index is 10.3. The molecular formula is C16H22N2O. The van der Waals surface area contributed by atoms with Gasteiger partial charge in [-0.2, -0.15) is 5.10 Å². The fourth-order valence-electron chi connectivity index (χ4n) is 2.27. The van der Waals surface area contributed by atoms with Crippen molar-refractivity contribution in [3.05, 3.63) is 52.8 Å². The van der Waals surface area contributed by atoms with Crippen LogP contribution in [0.5, 0.6) is 0 Å². The zero-order valence-electron chi connectivity index (χ0n) is 12.1. The average molecular weight is 258 g/mol. The van der Waals surface area contributed by atoms with Gasteiger partial charge in [0, 0.05) is 19.2 Å². The van der Waals surface area contributed by atoms with Crippen LogP contribution in [0.4, 0.5) is 0 Å². The normalized spacial score (nSPS) is 12.9. The molecule has 3 nitrogen and oxygen atoms in total. The molecule has 0 radical (unpaired) electrons. The molecule has 1 heterocycles. The SMILES string of the molecule is Cc1cc(CC(O)c2ccc(C(C)C)cc2)n(C)n1. The molecule has 0 bridgehead atoms. The van der Waals surface area contributed by atoms with Crippen molar-refractivity contribution in [1.82, 2.24) is 9.78 Å². The maximum Gasteiger partial charge on any atom is 0.0845 e. The van der Waals surface area contributed by atoms with Gasteiger partial charge >= 0.3 is 0 Å². The van der Waals surface area contributed by atoms with Crippen molar-refractivity contribution >= 4 is 0 Å². The first kappa shape index (κ1) is 13.8. The number of hydrogen-bond acceptors (Lipinski definition) is 2. The Morgan fingerprint density at radius 3 is 2.21 bits per heavy atom. The van der Waals surface area contributed by atoms with Gasteiger partial charge in [-0.05, 0) is 30.0 Å². The summed E-state index contributed by atoms with van der Waals surface area (Å²) in [6.07, 6.45) is 0.120. The van der Waals surface area contributed by atoms with Crippen LogP contribution in [0.25, 0.3) is 0 Å². The maximum absolute atomic E-state index is 10.3. The van der Waals surface area contributed by atoms with Crippen molar-refractivity contribution in [2.24, 2.45) is 7.05 Å². The number of benzene rings is 1. The van der Waals surface area contributed by atoms with E-state index in [4.69, 9.17) is 0 Å². The van der Waals surface area contributed by atoms with Gasteiger partial charge in [-0.25, -0.2) is 0 Å². The summed E-state index contributed by atoms with van der Waals surface area (Å²) < 4.78 is 1.83. The molecule has 0 saturated carbocycles. The van der Waals surface area contributed by atoms with Gasteiger partial charge in [0.25, 0.3) is 0 Å². The van der Waals surface area contributed by atoms with E-state index in [9.17, 15) is 5.11 Å². The highest BCUT2D eigenvalue weighted by Gasteiger charge is 2.12. The van der Waals surface area contributed by atoms with Crippen LogP contribution >= 0.6 is 0 Å². The summed E-state index contributed by atoms with van der Waals surface area (Å²) in [7, 11) is 1.91. The third-order valence-corrected chi connectivity index (χ3v) is 3.49. The lowest BCUT2D eigenvalue weighted by molar-refractivity contribution is 0.176. The summed E-state index contributed by atoms with van der Waals surface area (Å²) in [5.74, 6) is 0.519. The Bertz CT molecular complexity index is 540. The van der Waals surface area contributed by atoms with Gasteiger partial charge in [-0.3, -0.25) is 4.68 Å². The van der Waals surface area contributed by atoms with Gasteiger partial charge in [0.05, 0.1) is 11.8 Å². The lowest BCUT2D eigenvalue weighted by Gasteiger charge is -2.13. The number of nitrogens with zero attached hydrogens (tertiary/aromatic N) is 2. The van der Waals surface area contributed by atoms with E-state index in [-0.39, 0.29) is 0 Å². The molecule has 0 saturated heterocycles. The largest absolute Gasteiger partial charge is 0.388 e. The summed E-state index contributed by atoms with van der Waals surface area (Å²) >= 11 is 0. The molecule has 19 heavy (non-hydrogen) atoms. The van der Waals surface area contributed by atoms with Crippen molar-refractivity contribution in [2.45, 2.75) is 39.2 Å². The van der Waals surface area contributed by atoms with E-state index in [1.54, 1.807) is 0 Å². The Morgan fingerprint density at radius 2 is 1.74 bits per heavy atom. The molecule has 1 aromatic heterocycles. The van der Waals surface area contributed by atoms with Crippen LogP contribution < -0.4 is 0 Å². The predicted molar refractivity (Wildman–Crippen MR) is 77.1 cm³/mol. The molecule has 102 valence electrons. The van der Waals surface area contributed by atoms with E-state index in [2.05, 4.69) is 31.1 Å². The molecule has 0 spiro atoms. The second-order valence-corrected chi connectivity index (χ2v) is 5.44. The van der Waals surface area contributed by atoms with Crippen LogP contribution in [0.15, 0.2) is 30.3 Å². The number of aromatic nitrogens is 2. The van der Waals surface area contributed by atoms with E-state index < -0.39 is 6.10 Å². The molecule has 0 fully saturated rings. The fraction of sp³-hybridized carbons (Fsp3) is 0.438. The summed E-state index contributed by atoms with van der Waals surface area (Å²) in [6, 6.07) is 10.2. The number of aliphatic hydroxyl groups excluding tert-OH is 1. The minimum atomic E-state index is -0.476. The third kappa shape index (κ3) is 3.24. The summed E-state index contributed by atoms with van der Waals surface area (Å²) in [4.78, 5) is 0. The molecule has 1 unspecified atom stereocenters. The van der Waals surface area contributed by atoms with Gasteiger partial charge in [0.1, 0.15) is 0 Å². The average Bonchev–Trinajstić information content (AvgIpc) is 2.68. The van der Waals surface area contributed by atoms with E-state index in [0.717, 1.165) is 17.0 Å². The highest BCUT2D eigenvalue weighted by Crippen LogP contribution is 2.21. The van der Waals surface area contributed by atoms with Gasteiger partial charge in [-0.15, -0.1) is 0 Å². The number of aliphatic hydroxyl groups is 1. The molecule has 2 rings (SSSR count). The van der Waals surface area contributed by atoms with Gasteiger partial charge in [0.2, 0.25) is 0 Å². The number of rotatable bonds is 4. The highest BCUT2D eigenvalue weighted by molar-refractivity contribution is 5.27. The highest BCUT2D eigenvalue weighted by atomic mass is 16.3. The van der Waals surface area contributed by atoms with Gasteiger partial charge in [-0.1, -0.05) is 38.1 Å². The van der Waals surface area contributed by atoms with Crippen molar-refractivity contribution in [2.75, 3.05) is 0 Å². The van der Waals surface area contributed by atoms with E-state index in [1.165, 1.54) is 5.56 Å². The third-order valence-electron chi connectivity index (χ3n) is 3.49. The molecule has 0 amide bonds. The predicted octanol–water partition coefficient (Wildman–Crippen LogP) is 3.13. The van der Waals surface area contributed by atoms with Crippen molar-refractivity contribution < 1.29 is 5.11 Å². The van der Waals surface area contributed by atoms with Crippen LogP contribution in [0.2, 0.25) is 0 Å². The van der Waals surface area contributed by atoms with Crippen molar-refractivity contribution in [3.8, 4) is 0 Å². The monoisotopic (exact) mass is 258 g/mol. The first-order valence-electron chi connectivity index (χ1n) is 6.75. The first-order chi connectivity index (χ1) is 8.97. The van der Waals surface area contributed by atoms with Crippen LogP contribution in [0.3, 0.4) is 0 Å². The van der Waals surface area contributed by atoms with E-state index in [0.29, 0.717) is 12.3 Å². The van der Waals surface area contributed by atoms with Crippen LogP contribution in [0, 0.1) is 6.92 Å². The molecule has 1 atom stereocenters. The quantitative estimate of drug-likeness (QED) is 0.915. The number of hydrogen-bond donors (Lipinski definition) is 1. The summed E-state index contributed by atoms with van der Waals surface area (Å²) in [5.41, 5.74) is 4.30. The molecule has 2 aromatic rings. The van der Waals surface area contributed by atoms with E-state index in [1.807, 2.05) is 36.9 Å². The topological polar surface area (TPSA) is 38.0 Å². The second-order valence-electron chi connectivity index (χ2n) is 5.44. The minimum Gasteiger partial charge on any atom is -0.388 e. The summed E-state index contributed by atoms with van der Waals surface area (Å²) in [5, 5.41) is 14.6. The second kappa shape index (κ2) is 5.57. The van der Waals surface area contributed by atoms with E-state index >= 15 is 0 Å². The van der Waals surface area contributed by atoms with Crippen LogP contribution in [0.1, 0.15) is 48.4 Å². The molecule has 3 heteroatoms. The standard InChI is InChI=1S/C16H22N2O/c1-11(2)13-5-7-14(8-6-13)16(19)10-15-9-12(3)17-18(15)4/h5-9,11,16,19H,10H2,1-4H3. The zero-order chi connectivity index (χ0) is 14.0. The Hall–Kier alpha value is -1.61. The van der Waals surface area contributed by atoms with Crippen molar-refractivity contribution in [1.29, 1.82) is 0 Å². The van der Waals surface area contributed by atoms with Crippen LogP contribution in [-0.4, -0.2) is 14.9 Å². The molecule has 1 aromatic carbocycles. The Morgan fingerprint density at radius 1 is 1.16 bits per heavy atom. The van der Waals surface area contributed by atoms with Gasteiger partial charge in [0.15, 0.2) is 0 Å². The Kier molecular flexibility index (Phi) is 4.05. The number of aryl methyl sites for hydroxylation is 2. The Labute approximate surface area is 114 Å². The lowest BCUT2D eigenvalue weighted by Crippen LogP contribution is -2.06. The molecule has 0 aliphatic heterocycles. The smallest absolute Gasteiger partial charge is 0.0845 e. The minimum absolute atomic E-state index is 0.476. The fourth-order valence-corrected chi connectivity index (χ4v) is 2.27. The summed E-state index contributed by atoms with van der Waals surface area (Å²) in [6.45, 7) is 6.31. The van der Waals surface area contributed by atoms with Gasteiger partial charge < -0.3 is 5.11 Å². The molecule has 1 N–H and O–H groups in total. The lowest BCUT2D eigenvalue weighted by atomic mass is 9.98. The molecular weight excluding hydrogens is 236 g/mol. The molecule has 0 aliphatic rings. The first-order valence-corrected chi connectivity index (χ1v) is 6.75. The Balaban J connectivity index is 2.11.